The van der Waals surface area contributed by atoms with Gasteiger partial charge in [-0.1, -0.05) is 30.3 Å². The van der Waals surface area contributed by atoms with E-state index < -0.39 is 12.0 Å². The fraction of sp³-hybridized carbons (Fsp3) is 0.429. The van der Waals surface area contributed by atoms with Gasteiger partial charge in [-0.25, -0.2) is 4.79 Å². The van der Waals surface area contributed by atoms with Gasteiger partial charge in [0, 0.05) is 19.4 Å². The Labute approximate surface area is 112 Å². The Bertz CT molecular complexity index is 405. The van der Waals surface area contributed by atoms with Crippen LogP contribution in [0.3, 0.4) is 0 Å². The SMILES string of the molecule is O=C(CCCCO)NC(Cc1ccccc1)C(=O)O. The van der Waals surface area contributed by atoms with Crippen molar-refractivity contribution in [1.82, 2.24) is 5.32 Å². The Morgan fingerprint density at radius 1 is 1.16 bits per heavy atom. The van der Waals surface area contributed by atoms with E-state index in [1.807, 2.05) is 30.3 Å². The first-order valence-corrected chi connectivity index (χ1v) is 6.30. The average molecular weight is 265 g/mol. The number of carboxylic acids is 1. The summed E-state index contributed by atoms with van der Waals surface area (Å²) < 4.78 is 0. The lowest BCUT2D eigenvalue weighted by Gasteiger charge is -2.14. The lowest BCUT2D eigenvalue weighted by atomic mass is 10.1. The first-order valence-electron chi connectivity index (χ1n) is 6.30. The average Bonchev–Trinajstić information content (AvgIpc) is 2.39. The molecule has 19 heavy (non-hydrogen) atoms. The standard InChI is InChI=1S/C14H19NO4/c16-9-5-4-8-13(17)15-12(14(18)19)10-11-6-2-1-3-7-11/h1-3,6-7,12,16H,4-5,8-10H2,(H,15,17)(H,18,19). The van der Waals surface area contributed by atoms with Crippen LogP contribution in [0.15, 0.2) is 30.3 Å². The van der Waals surface area contributed by atoms with Gasteiger partial charge in [-0.05, 0) is 18.4 Å². The van der Waals surface area contributed by atoms with Crippen molar-refractivity contribution in [2.24, 2.45) is 0 Å². The highest BCUT2D eigenvalue weighted by atomic mass is 16.4. The molecule has 0 heterocycles. The molecule has 0 saturated heterocycles. The van der Waals surface area contributed by atoms with Crippen molar-refractivity contribution in [3.63, 3.8) is 0 Å². The van der Waals surface area contributed by atoms with Gasteiger partial charge < -0.3 is 15.5 Å². The molecule has 0 radical (unpaired) electrons. The summed E-state index contributed by atoms with van der Waals surface area (Å²) >= 11 is 0. The molecule has 3 N–H and O–H groups in total. The highest BCUT2D eigenvalue weighted by Crippen LogP contribution is 2.04. The van der Waals surface area contributed by atoms with E-state index in [1.54, 1.807) is 0 Å². The molecular weight excluding hydrogens is 246 g/mol. The Morgan fingerprint density at radius 2 is 1.84 bits per heavy atom. The van der Waals surface area contributed by atoms with Crippen LogP contribution in [0.5, 0.6) is 0 Å². The van der Waals surface area contributed by atoms with E-state index in [-0.39, 0.29) is 25.4 Å². The van der Waals surface area contributed by atoms with E-state index in [0.29, 0.717) is 12.8 Å². The minimum absolute atomic E-state index is 0.0413. The normalized spacial score (nSPS) is 11.8. The van der Waals surface area contributed by atoms with Crippen molar-refractivity contribution in [2.45, 2.75) is 31.7 Å². The van der Waals surface area contributed by atoms with Gasteiger partial charge in [-0.3, -0.25) is 4.79 Å². The summed E-state index contributed by atoms with van der Waals surface area (Å²) in [6.45, 7) is 0.0413. The maximum atomic E-state index is 11.6. The Hall–Kier alpha value is -1.88. The minimum Gasteiger partial charge on any atom is -0.480 e. The molecular formula is C14H19NO4. The predicted molar refractivity (Wildman–Crippen MR) is 70.6 cm³/mol. The number of unbranched alkanes of at least 4 members (excludes halogenated alkanes) is 1. The maximum Gasteiger partial charge on any atom is 0.326 e. The van der Waals surface area contributed by atoms with Crippen LogP contribution in [-0.4, -0.2) is 34.7 Å². The molecule has 0 bridgehead atoms. The molecule has 0 aliphatic heterocycles. The van der Waals surface area contributed by atoms with Crippen molar-refractivity contribution in [3.8, 4) is 0 Å². The summed E-state index contributed by atoms with van der Waals surface area (Å²) in [6, 6.07) is 8.26. The summed E-state index contributed by atoms with van der Waals surface area (Å²) in [5.41, 5.74) is 0.866. The number of rotatable bonds is 8. The number of aliphatic hydroxyl groups is 1. The number of carbonyl (C=O) groups is 2. The molecule has 0 aromatic heterocycles. The van der Waals surface area contributed by atoms with Crippen LogP contribution in [0.2, 0.25) is 0 Å². The minimum atomic E-state index is -1.04. The second-order valence-corrected chi connectivity index (χ2v) is 4.33. The van der Waals surface area contributed by atoms with Crippen LogP contribution >= 0.6 is 0 Å². The van der Waals surface area contributed by atoms with Crippen molar-refractivity contribution < 1.29 is 19.8 Å². The van der Waals surface area contributed by atoms with Crippen molar-refractivity contribution >= 4 is 11.9 Å². The first kappa shape index (κ1) is 15.2. The van der Waals surface area contributed by atoms with Crippen LogP contribution in [0.1, 0.15) is 24.8 Å². The molecule has 0 spiro atoms. The molecule has 104 valence electrons. The number of aliphatic hydroxyl groups excluding tert-OH is 1. The number of carboxylic acid groups (broad SMARTS) is 1. The van der Waals surface area contributed by atoms with E-state index in [2.05, 4.69) is 5.32 Å². The monoisotopic (exact) mass is 265 g/mol. The number of carbonyl (C=O) groups excluding carboxylic acids is 1. The second-order valence-electron chi connectivity index (χ2n) is 4.33. The summed E-state index contributed by atoms with van der Waals surface area (Å²) in [5.74, 6) is -1.34. The number of hydrogen-bond donors (Lipinski definition) is 3. The first-order chi connectivity index (χ1) is 9.13. The van der Waals surface area contributed by atoms with Gasteiger partial charge in [-0.2, -0.15) is 0 Å². The molecule has 0 saturated carbocycles. The molecule has 0 fully saturated rings. The third-order valence-electron chi connectivity index (χ3n) is 2.73. The van der Waals surface area contributed by atoms with Gasteiger partial charge in [0.2, 0.25) is 5.91 Å². The zero-order valence-corrected chi connectivity index (χ0v) is 10.7. The number of nitrogens with one attached hydrogen (secondary N) is 1. The maximum absolute atomic E-state index is 11.6. The molecule has 0 aliphatic carbocycles. The van der Waals surface area contributed by atoms with Crippen molar-refractivity contribution in [1.29, 1.82) is 0 Å². The molecule has 1 aromatic carbocycles. The van der Waals surface area contributed by atoms with Crippen LogP contribution in [-0.2, 0) is 16.0 Å². The number of aliphatic carboxylic acids is 1. The topological polar surface area (TPSA) is 86.6 Å². The third-order valence-corrected chi connectivity index (χ3v) is 2.73. The van der Waals surface area contributed by atoms with E-state index in [0.717, 1.165) is 5.56 Å². The van der Waals surface area contributed by atoms with Crippen LogP contribution < -0.4 is 5.32 Å². The van der Waals surface area contributed by atoms with E-state index in [1.165, 1.54) is 0 Å². The number of amides is 1. The fourth-order valence-corrected chi connectivity index (χ4v) is 1.71. The van der Waals surface area contributed by atoms with Gasteiger partial charge in [0.25, 0.3) is 0 Å². The summed E-state index contributed by atoms with van der Waals surface area (Å²) in [5, 5.41) is 20.2. The van der Waals surface area contributed by atoms with Crippen molar-refractivity contribution in [2.75, 3.05) is 6.61 Å². The Kier molecular flexibility index (Phi) is 6.60. The fourth-order valence-electron chi connectivity index (χ4n) is 1.71. The molecule has 1 rings (SSSR count). The van der Waals surface area contributed by atoms with Crippen molar-refractivity contribution in [3.05, 3.63) is 35.9 Å². The van der Waals surface area contributed by atoms with Gasteiger partial charge in [0.1, 0.15) is 6.04 Å². The predicted octanol–water partition coefficient (Wildman–Crippen LogP) is 0.961. The summed E-state index contributed by atoms with van der Waals surface area (Å²) in [6.07, 6.45) is 1.60. The summed E-state index contributed by atoms with van der Waals surface area (Å²) in [7, 11) is 0. The van der Waals surface area contributed by atoms with E-state index in [4.69, 9.17) is 10.2 Å². The third kappa shape index (κ3) is 6.01. The zero-order valence-electron chi connectivity index (χ0n) is 10.7. The van der Waals surface area contributed by atoms with Gasteiger partial charge in [0.05, 0.1) is 0 Å². The summed E-state index contributed by atoms with van der Waals surface area (Å²) in [4.78, 5) is 22.7. The molecule has 1 unspecified atom stereocenters. The number of benzene rings is 1. The molecule has 1 atom stereocenters. The molecule has 5 nitrogen and oxygen atoms in total. The second kappa shape index (κ2) is 8.26. The zero-order chi connectivity index (χ0) is 14.1. The van der Waals surface area contributed by atoms with E-state index in [9.17, 15) is 9.59 Å². The smallest absolute Gasteiger partial charge is 0.326 e. The van der Waals surface area contributed by atoms with Crippen LogP contribution in [0, 0.1) is 0 Å². The van der Waals surface area contributed by atoms with Crippen LogP contribution in [0.4, 0.5) is 0 Å². The van der Waals surface area contributed by atoms with E-state index >= 15 is 0 Å². The highest BCUT2D eigenvalue weighted by Gasteiger charge is 2.19. The van der Waals surface area contributed by atoms with Crippen LogP contribution in [0.25, 0.3) is 0 Å². The number of hydrogen-bond acceptors (Lipinski definition) is 3. The van der Waals surface area contributed by atoms with Gasteiger partial charge in [0.15, 0.2) is 0 Å². The quantitative estimate of drug-likeness (QED) is 0.611. The largest absolute Gasteiger partial charge is 0.480 e. The molecule has 1 amide bonds. The molecule has 0 aliphatic rings. The lowest BCUT2D eigenvalue weighted by molar-refractivity contribution is -0.141. The molecule has 1 aromatic rings. The van der Waals surface area contributed by atoms with Gasteiger partial charge in [-0.15, -0.1) is 0 Å². The highest BCUT2D eigenvalue weighted by molar-refractivity contribution is 5.83. The Balaban J connectivity index is 2.49. The molecule has 5 heteroatoms. The lowest BCUT2D eigenvalue weighted by Crippen LogP contribution is -2.42. The van der Waals surface area contributed by atoms with Gasteiger partial charge >= 0.3 is 5.97 Å². The Morgan fingerprint density at radius 3 is 2.42 bits per heavy atom.